The van der Waals surface area contributed by atoms with Crippen molar-refractivity contribution in [3.63, 3.8) is 0 Å². The predicted molar refractivity (Wildman–Crippen MR) is 125 cm³/mol. The third-order valence-corrected chi connectivity index (χ3v) is 6.71. The summed E-state index contributed by atoms with van der Waals surface area (Å²) in [5.41, 5.74) is 8.06. The number of nitrogens with zero attached hydrogens (tertiary/aromatic N) is 2. The Balaban J connectivity index is 0.00000280. The quantitative estimate of drug-likeness (QED) is 0.364. The monoisotopic (exact) mass is 514 g/mol. The van der Waals surface area contributed by atoms with Gasteiger partial charge in [-0.3, -0.25) is 4.99 Å². The molecule has 2 aromatic carbocycles. The summed E-state index contributed by atoms with van der Waals surface area (Å²) in [6.07, 6.45) is 1.57. The van der Waals surface area contributed by atoms with Gasteiger partial charge in [-0.15, -0.1) is 24.0 Å². The van der Waals surface area contributed by atoms with Crippen LogP contribution in [0.4, 0.5) is 5.69 Å². The molecule has 3 N–H and O–H groups in total. The second-order valence-corrected chi connectivity index (χ2v) is 8.82. The SMILES string of the molecule is Cc1ccc(NC(N)=NCC2CCN(S(=O)(=O)c3ccccc3)CC2)cc1.I. The molecule has 0 bridgehead atoms. The predicted octanol–water partition coefficient (Wildman–Crippen LogP) is 3.44. The molecule has 0 unspecified atom stereocenters. The number of aryl methyl sites for hydroxylation is 1. The van der Waals surface area contributed by atoms with Gasteiger partial charge < -0.3 is 11.1 Å². The summed E-state index contributed by atoms with van der Waals surface area (Å²) < 4.78 is 26.9. The molecule has 1 saturated heterocycles. The van der Waals surface area contributed by atoms with E-state index in [2.05, 4.69) is 10.3 Å². The zero-order chi connectivity index (χ0) is 19.3. The van der Waals surface area contributed by atoms with Crippen LogP contribution in [0, 0.1) is 12.8 Å². The first-order chi connectivity index (χ1) is 12.9. The van der Waals surface area contributed by atoms with E-state index in [4.69, 9.17) is 5.73 Å². The Morgan fingerprint density at radius 1 is 1.11 bits per heavy atom. The molecule has 152 valence electrons. The van der Waals surface area contributed by atoms with Gasteiger partial charge in [0.2, 0.25) is 10.0 Å². The van der Waals surface area contributed by atoms with Crippen molar-refractivity contribution in [2.75, 3.05) is 25.0 Å². The molecular weight excluding hydrogens is 487 g/mol. The van der Waals surface area contributed by atoms with Gasteiger partial charge in [-0.1, -0.05) is 35.9 Å². The molecule has 0 aromatic heterocycles. The van der Waals surface area contributed by atoms with E-state index in [1.165, 1.54) is 5.56 Å². The molecule has 1 aliphatic rings. The number of nitrogens with two attached hydrogens (primary N) is 1. The summed E-state index contributed by atoms with van der Waals surface area (Å²) >= 11 is 0. The molecule has 8 heteroatoms. The van der Waals surface area contributed by atoms with E-state index in [1.807, 2.05) is 37.3 Å². The van der Waals surface area contributed by atoms with Gasteiger partial charge in [-0.25, -0.2) is 8.42 Å². The van der Waals surface area contributed by atoms with Gasteiger partial charge in [0.15, 0.2) is 5.96 Å². The number of anilines is 1. The number of piperidine rings is 1. The number of benzene rings is 2. The van der Waals surface area contributed by atoms with Crippen LogP contribution >= 0.6 is 24.0 Å². The van der Waals surface area contributed by atoms with Crippen LogP contribution < -0.4 is 11.1 Å². The summed E-state index contributed by atoms with van der Waals surface area (Å²) in [4.78, 5) is 4.78. The topological polar surface area (TPSA) is 87.8 Å². The zero-order valence-electron chi connectivity index (χ0n) is 15.9. The lowest BCUT2D eigenvalue weighted by Crippen LogP contribution is -2.39. The zero-order valence-corrected chi connectivity index (χ0v) is 19.1. The van der Waals surface area contributed by atoms with Crippen molar-refractivity contribution in [1.82, 2.24) is 4.31 Å². The summed E-state index contributed by atoms with van der Waals surface area (Å²) in [7, 11) is -3.40. The smallest absolute Gasteiger partial charge is 0.243 e. The molecule has 1 fully saturated rings. The maximum Gasteiger partial charge on any atom is 0.243 e. The number of rotatable bonds is 5. The first kappa shape index (κ1) is 22.6. The second-order valence-electron chi connectivity index (χ2n) is 6.88. The van der Waals surface area contributed by atoms with Crippen LogP contribution in [0.1, 0.15) is 18.4 Å². The lowest BCUT2D eigenvalue weighted by atomic mass is 9.98. The van der Waals surface area contributed by atoms with E-state index >= 15 is 0 Å². The normalized spacial score (nSPS) is 16.4. The largest absolute Gasteiger partial charge is 0.370 e. The molecular formula is C20H27IN4O2S. The average Bonchev–Trinajstić information content (AvgIpc) is 2.69. The number of hydrogen-bond acceptors (Lipinski definition) is 3. The number of nitrogens with one attached hydrogen (secondary N) is 1. The van der Waals surface area contributed by atoms with Crippen LogP contribution in [-0.4, -0.2) is 38.3 Å². The minimum absolute atomic E-state index is 0. The number of sulfonamides is 1. The highest BCUT2D eigenvalue weighted by atomic mass is 127. The van der Waals surface area contributed by atoms with Crippen molar-refractivity contribution < 1.29 is 8.42 Å². The molecule has 28 heavy (non-hydrogen) atoms. The highest BCUT2D eigenvalue weighted by molar-refractivity contribution is 14.0. The molecule has 3 rings (SSSR count). The van der Waals surface area contributed by atoms with Gasteiger partial charge in [-0.2, -0.15) is 4.31 Å². The minimum Gasteiger partial charge on any atom is -0.370 e. The van der Waals surface area contributed by atoms with Gasteiger partial charge in [0.25, 0.3) is 0 Å². The Kier molecular flexibility index (Phi) is 8.26. The lowest BCUT2D eigenvalue weighted by Gasteiger charge is -2.30. The fourth-order valence-corrected chi connectivity index (χ4v) is 4.62. The van der Waals surface area contributed by atoms with E-state index in [1.54, 1.807) is 28.6 Å². The van der Waals surface area contributed by atoms with Crippen molar-refractivity contribution in [3.05, 3.63) is 60.2 Å². The number of guanidine groups is 1. The van der Waals surface area contributed by atoms with Crippen LogP contribution in [0.5, 0.6) is 0 Å². The number of aliphatic imine (C=N–C) groups is 1. The van der Waals surface area contributed by atoms with Gasteiger partial charge in [0.05, 0.1) is 4.90 Å². The van der Waals surface area contributed by atoms with Crippen molar-refractivity contribution in [2.24, 2.45) is 16.6 Å². The summed E-state index contributed by atoms with van der Waals surface area (Å²) in [5.74, 6) is 0.726. The van der Waals surface area contributed by atoms with Crippen molar-refractivity contribution in [2.45, 2.75) is 24.7 Å². The molecule has 1 aliphatic heterocycles. The molecule has 0 spiro atoms. The van der Waals surface area contributed by atoms with E-state index in [-0.39, 0.29) is 24.0 Å². The first-order valence-electron chi connectivity index (χ1n) is 9.14. The fourth-order valence-electron chi connectivity index (χ4n) is 3.13. The average molecular weight is 514 g/mol. The van der Waals surface area contributed by atoms with Crippen LogP contribution in [0.25, 0.3) is 0 Å². The molecule has 0 aliphatic carbocycles. The molecule has 2 aromatic rings. The van der Waals surface area contributed by atoms with Crippen molar-refractivity contribution in [1.29, 1.82) is 0 Å². The van der Waals surface area contributed by atoms with Gasteiger partial charge in [0, 0.05) is 25.3 Å². The molecule has 0 amide bonds. The van der Waals surface area contributed by atoms with Gasteiger partial charge in [0.1, 0.15) is 0 Å². The maximum atomic E-state index is 12.7. The molecule has 0 atom stereocenters. The highest BCUT2D eigenvalue weighted by Gasteiger charge is 2.29. The van der Waals surface area contributed by atoms with E-state index in [0.717, 1.165) is 18.5 Å². The Morgan fingerprint density at radius 3 is 2.32 bits per heavy atom. The van der Waals surface area contributed by atoms with Gasteiger partial charge >= 0.3 is 0 Å². The number of hydrogen-bond donors (Lipinski definition) is 2. The Bertz CT molecular complexity index is 878. The van der Waals surface area contributed by atoms with Crippen LogP contribution in [-0.2, 0) is 10.0 Å². The molecule has 6 nitrogen and oxygen atoms in total. The van der Waals surface area contributed by atoms with E-state index in [9.17, 15) is 8.42 Å². The Morgan fingerprint density at radius 2 is 1.71 bits per heavy atom. The molecule has 0 saturated carbocycles. The molecule has 0 radical (unpaired) electrons. The summed E-state index contributed by atoms with van der Waals surface area (Å²) in [5, 5.41) is 3.08. The van der Waals surface area contributed by atoms with Gasteiger partial charge in [-0.05, 0) is 49.9 Å². The fraction of sp³-hybridized carbons (Fsp3) is 0.350. The Labute approximate surface area is 184 Å². The first-order valence-corrected chi connectivity index (χ1v) is 10.6. The lowest BCUT2D eigenvalue weighted by molar-refractivity contribution is 0.279. The van der Waals surface area contributed by atoms with E-state index < -0.39 is 10.0 Å². The standard InChI is InChI=1S/C20H26N4O2S.HI/c1-16-7-9-18(10-8-16)23-20(21)22-15-17-11-13-24(14-12-17)27(25,26)19-5-3-2-4-6-19;/h2-10,17H,11-15H2,1H3,(H3,21,22,23);1H. The minimum atomic E-state index is -3.40. The third-order valence-electron chi connectivity index (χ3n) is 4.80. The highest BCUT2D eigenvalue weighted by Crippen LogP contribution is 2.23. The molecule has 1 heterocycles. The van der Waals surface area contributed by atoms with Crippen molar-refractivity contribution >= 4 is 45.6 Å². The Hall–Kier alpha value is -1.65. The summed E-state index contributed by atoms with van der Waals surface area (Å²) in [6.45, 7) is 3.67. The third kappa shape index (κ3) is 5.92. The van der Waals surface area contributed by atoms with Crippen LogP contribution in [0.3, 0.4) is 0 Å². The number of halogens is 1. The maximum absolute atomic E-state index is 12.7. The second kappa shape index (κ2) is 10.2. The van der Waals surface area contributed by atoms with Crippen LogP contribution in [0.2, 0.25) is 0 Å². The van der Waals surface area contributed by atoms with Crippen molar-refractivity contribution in [3.8, 4) is 0 Å². The summed E-state index contributed by atoms with van der Waals surface area (Å²) in [6, 6.07) is 16.5. The van der Waals surface area contributed by atoms with E-state index in [0.29, 0.717) is 36.4 Å². The van der Waals surface area contributed by atoms with Crippen LogP contribution in [0.15, 0.2) is 64.5 Å².